The summed E-state index contributed by atoms with van der Waals surface area (Å²) >= 11 is 0. The summed E-state index contributed by atoms with van der Waals surface area (Å²) in [7, 11) is -3.88. The molecule has 0 spiro atoms. The maximum absolute atomic E-state index is 13.4. The quantitative estimate of drug-likeness (QED) is 0.678. The number of furan rings is 1. The molecule has 0 bridgehead atoms. The van der Waals surface area contributed by atoms with Gasteiger partial charge < -0.3 is 24.1 Å². The van der Waals surface area contributed by atoms with Gasteiger partial charge in [0, 0.05) is 31.7 Å². The van der Waals surface area contributed by atoms with Crippen molar-refractivity contribution in [2.24, 2.45) is 0 Å². The van der Waals surface area contributed by atoms with Gasteiger partial charge in [-0.2, -0.15) is 4.31 Å². The van der Waals surface area contributed by atoms with Crippen LogP contribution in [-0.4, -0.2) is 74.4 Å². The number of fused-ring (bicyclic) bond motifs is 1. The Hall–Kier alpha value is -3.05. The molecule has 4 heterocycles. The predicted octanol–water partition coefficient (Wildman–Crippen LogP) is 1.62. The van der Waals surface area contributed by atoms with E-state index in [0.29, 0.717) is 69.0 Å². The van der Waals surface area contributed by atoms with Gasteiger partial charge >= 0.3 is 0 Å². The van der Waals surface area contributed by atoms with Crippen LogP contribution in [0.5, 0.6) is 11.5 Å². The van der Waals surface area contributed by atoms with E-state index < -0.39 is 16.1 Å². The van der Waals surface area contributed by atoms with E-state index in [9.17, 15) is 18.0 Å². The van der Waals surface area contributed by atoms with E-state index in [2.05, 4.69) is 5.32 Å². The maximum atomic E-state index is 13.4. The number of piperidine rings is 1. The van der Waals surface area contributed by atoms with Crippen molar-refractivity contribution in [1.29, 1.82) is 0 Å². The molecule has 34 heavy (non-hydrogen) atoms. The third-order valence-electron chi connectivity index (χ3n) is 6.52. The van der Waals surface area contributed by atoms with Crippen LogP contribution in [0.1, 0.15) is 36.0 Å². The van der Waals surface area contributed by atoms with Crippen LogP contribution >= 0.6 is 0 Å². The van der Waals surface area contributed by atoms with Crippen molar-refractivity contribution in [3.8, 4) is 11.5 Å². The van der Waals surface area contributed by atoms with Gasteiger partial charge in [0.05, 0.1) is 16.7 Å². The molecule has 2 aromatic rings. The molecule has 0 unspecified atom stereocenters. The fraction of sp³-hybridized carbons (Fsp3) is 0.478. The predicted molar refractivity (Wildman–Crippen MR) is 120 cm³/mol. The minimum absolute atomic E-state index is 0.0857. The molecule has 1 aromatic carbocycles. The summed E-state index contributed by atoms with van der Waals surface area (Å²) < 4.78 is 44.0. The van der Waals surface area contributed by atoms with E-state index in [-0.39, 0.29) is 29.3 Å². The Balaban J connectivity index is 1.22. The van der Waals surface area contributed by atoms with E-state index in [1.54, 1.807) is 17.0 Å². The zero-order valence-electron chi connectivity index (χ0n) is 18.6. The summed E-state index contributed by atoms with van der Waals surface area (Å²) in [6.07, 6.45) is 5.18. The molecule has 1 N–H and O–H groups in total. The van der Waals surface area contributed by atoms with Crippen LogP contribution < -0.4 is 14.8 Å². The first-order valence-corrected chi connectivity index (χ1v) is 12.9. The molecule has 1 aromatic heterocycles. The molecule has 0 radical (unpaired) electrons. The lowest BCUT2D eigenvalue weighted by Gasteiger charge is -2.33. The average Bonchev–Trinajstić information content (AvgIpc) is 3.57. The second-order valence-electron chi connectivity index (χ2n) is 8.67. The highest BCUT2D eigenvalue weighted by Gasteiger charge is 2.40. The van der Waals surface area contributed by atoms with Crippen LogP contribution in [0.2, 0.25) is 0 Å². The van der Waals surface area contributed by atoms with Crippen molar-refractivity contribution >= 4 is 21.8 Å². The highest BCUT2D eigenvalue weighted by atomic mass is 32.2. The number of carbonyl (C=O) groups is 2. The highest BCUT2D eigenvalue weighted by Crippen LogP contribution is 2.35. The van der Waals surface area contributed by atoms with Gasteiger partial charge in [-0.15, -0.1) is 0 Å². The third-order valence-corrected chi connectivity index (χ3v) is 8.43. The smallest absolute Gasteiger partial charge is 0.257 e. The molecular formula is C23H27N3O7S. The molecule has 11 heteroatoms. The molecule has 182 valence electrons. The number of ether oxygens (including phenoxy) is 2. The molecule has 3 aliphatic heterocycles. The zero-order valence-corrected chi connectivity index (χ0v) is 19.5. The summed E-state index contributed by atoms with van der Waals surface area (Å²) in [5.41, 5.74) is 0.508. The molecule has 0 aliphatic carbocycles. The molecule has 5 rings (SSSR count). The minimum atomic E-state index is -3.88. The van der Waals surface area contributed by atoms with Crippen molar-refractivity contribution in [1.82, 2.24) is 14.5 Å². The second-order valence-corrected chi connectivity index (χ2v) is 10.6. The Morgan fingerprint density at radius 1 is 0.971 bits per heavy atom. The van der Waals surface area contributed by atoms with Gasteiger partial charge in [-0.25, -0.2) is 8.42 Å². The van der Waals surface area contributed by atoms with Crippen molar-refractivity contribution in [2.75, 3.05) is 32.8 Å². The number of likely N-dealkylation sites (tertiary alicyclic amines) is 1. The van der Waals surface area contributed by atoms with Crippen molar-refractivity contribution in [2.45, 2.75) is 42.7 Å². The van der Waals surface area contributed by atoms with E-state index in [1.807, 2.05) is 0 Å². The normalized spacial score (nSPS) is 21.4. The van der Waals surface area contributed by atoms with Gasteiger partial charge in [-0.05, 0) is 43.9 Å². The summed E-state index contributed by atoms with van der Waals surface area (Å²) in [6, 6.07) is 5.30. The first-order chi connectivity index (χ1) is 16.4. The molecular weight excluding hydrogens is 462 g/mol. The fourth-order valence-electron chi connectivity index (χ4n) is 4.70. The van der Waals surface area contributed by atoms with E-state index in [1.165, 1.54) is 29.0 Å². The number of nitrogens with one attached hydrogen (secondary N) is 1. The third kappa shape index (κ3) is 4.37. The van der Waals surface area contributed by atoms with Crippen LogP contribution in [0, 0.1) is 0 Å². The summed E-state index contributed by atoms with van der Waals surface area (Å²) in [5, 5.41) is 3.01. The molecule has 10 nitrogen and oxygen atoms in total. The van der Waals surface area contributed by atoms with Crippen LogP contribution in [-0.2, 0) is 14.8 Å². The van der Waals surface area contributed by atoms with E-state index in [0.717, 1.165) is 0 Å². The second kappa shape index (κ2) is 9.30. The Bertz CT molecular complexity index is 1160. The summed E-state index contributed by atoms with van der Waals surface area (Å²) in [4.78, 5) is 27.4. The number of benzene rings is 1. The number of nitrogens with zero attached hydrogens (tertiary/aromatic N) is 2. The SMILES string of the molecule is O=C(NC1CCN(C(=O)c2ccoc2)CC1)[C@@H]1CCCN1S(=O)(=O)c1ccc2c(c1)OCCO2. The molecule has 3 aliphatic rings. The monoisotopic (exact) mass is 489 g/mol. The minimum Gasteiger partial charge on any atom is -0.486 e. The van der Waals surface area contributed by atoms with Crippen LogP contribution in [0.25, 0.3) is 0 Å². The molecule has 1 atom stereocenters. The van der Waals surface area contributed by atoms with E-state index in [4.69, 9.17) is 13.9 Å². The first-order valence-electron chi connectivity index (χ1n) is 11.5. The van der Waals surface area contributed by atoms with Crippen LogP contribution in [0.4, 0.5) is 0 Å². The Morgan fingerprint density at radius 2 is 1.74 bits per heavy atom. The highest BCUT2D eigenvalue weighted by molar-refractivity contribution is 7.89. The molecule has 0 saturated carbocycles. The van der Waals surface area contributed by atoms with Crippen LogP contribution in [0.3, 0.4) is 0 Å². The number of amides is 2. The van der Waals surface area contributed by atoms with Gasteiger partial charge in [0.2, 0.25) is 15.9 Å². The maximum Gasteiger partial charge on any atom is 0.257 e. The van der Waals surface area contributed by atoms with E-state index >= 15 is 0 Å². The average molecular weight is 490 g/mol. The van der Waals surface area contributed by atoms with Gasteiger partial charge in [-0.3, -0.25) is 9.59 Å². The Morgan fingerprint density at radius 3 is 2.47 bits per heavy atom. The zero-order chi connectivity index (χ0) is 23.7. The Kier molecular flexibility index (Phi) is 6.22. The summed E-state index contributed by atoms with van der Waals surface area (Å²) in [6.45, 7) is 2.09. The Labute approximate surface area is 197 Å². The fourth-order valence-corrected chi connectivity index (χ4v) is 6.37. The lowest BCUT2D eigenvalue weighted by molar-refractivity contribution is -0.125. The van der Waals surface area contributed by atoms with Crippen LogP contribution in [0.15, 0.2) is 46.1 Å². The number of sulfonamides is 1. The molecule has 2 fully saturated rings. The van der Waals surface area contributed by atoms with Gasteiger partial charge in [-0.1, -0.05) is 0 Å². The van der Waals surface area contributed by atoms with Gasteiger partial charge in [0.1, 0.15) is 25.5 Å². The number of carbonyl (C=O) groups excluding carboxylic acids is 2. The lowest BCUT2D eigenvalue weighted by atomic mass is 10.0. The van der Waals surface area contributed by atoms with Gasteiger partial charge in [0.15, 0.2) is 11.5 Å². The standard InChI is InChI=1S/C23H27N3O7S/c27-22(24-17-5-9-25(10-6-17)23(28)16-7-11-31-15-16)19-2-1-8-26(19)34(29,30)18-3-4-20-21(14-18)33-13-12-32-20/h3-4,7,11,14-15,17,19H,1-2,5-6,8-10,12-13H2,(H,24,27)/t19-/m0/s1. The summed E-state index contributed by atoms with van der Waals surface area (Å²) in [5.74, 6) is 0.520. The topological polar surface area (TPSA) is 118 Å². The largest absolute Gasteiger partial charge is 0.486 e. The number of hydrogen-bond acceptors (Lipinski definition) is 7. The molecule has 2 saturated heterocycles. The first kappa shape index (κ1) is 22.7. The number of hydrogen-bond donors (Lipinski definition) is 1. The number of rotatable bonds is 5. The van der Waals surface area contributed by atoms with Crippen molar-refractivity contribution in [3.63, 3.8) is 0 Å². The van der Waals surface area contributed by atoms with Crippen molar-refractivity contribution < 1.29 is 31.9 Å². The molecule has 2 amide bonds. The van der Waals surface area contributed by atoms with Crippen molar-refractivity contribution in [3.05, 3.63) is 42.4 Å². The lowest BCUT2D eigenvalue weighted by Crippen LogP contribution is -2.52. The van der Waals surface area contributed by atoms with Gasteiger partial charge in [0.25, 0.3) is 5.91 Å².